The van der Waals surface area contributed by atoms with Gasteiger partial charge in [0.15, 0.2) is 0 Å². The molecule has 3 aromatic rings. The molecule has 11 heteroatoms. The molecule has 1 amide bonds. The third-order valence-electron chi connectivity index (χ3n) is 4.40. The largest absolute Gasteiger partial charge is 0.419 e. The Morgan fingerprint density at radius 2 is 2.10 bits per heavy atom. The zero-order valence-electron chi connectivity index (χ0n) is 15.7. The number of hydrogen-bond donors (Lipinski definition) is 4. The number of nitrogens with two attached hydrogens (primary N) is 1. The van der Waals surface area contributed by atoms with Gasteiger partial charge in [0.05, 0.1) is 23.9 Å². The lowest BCUT2D eigenvalue weighted by molar-refractivity contribution is -0.139. The number of aliphatic hydroxyl groups is 1. The molecule has 0 bridgehead atoms. The molecule has 1 atom stereocenters. The number of nitrogens with one attached hydrogen (secondary N) is 2. The minimum atomic E-state index is -4.79. The van der Waals surface area contributed by atoms with Crippen molar-refractivity contribution in [2.24, 2.45) is 5.73 Å². The van der Waals surface area contributed by atoms with Gasteiger partial charge in [-0.25, -0.2) is 9.37 Å². The van der Waals surface area contributed by atoms with Crippen molar-refractivity contribution in [2.45, 2.75) is 25.7 Å². The lowest BCUT2D eigenvalue weighted by atomic mass is 10.1. The summed E-state index contributed by atoms with van der Waals surface area (Å²) in [7, 11) is 0. The predicted molar refractivity (Wildman–Crippen MR) is 103 cm³/mol. The van der Waals surface area contributed by atoms with Crippen molar-refractivity contribution in [3.8, 4) is 11.3 Å². The lowest BCUT2D eigenvalue weighted by Crippen LogP contribution is -2.33. The van der Waals surface area contributed by atoms with Gasteiger partial charge in [-0.15, -0.1) is 11.3 Å². The topological polar surface area (TPSA) is 104 Å². The van der Waals surface area contributed by atoms with Gasteiger partial charge in [-0.1, -0.05) is 6.07 Å². The van der Waals surface area contributed by atoms with E-state index < -0.39 is 29.5 Å². The summed E-state index contributed by atoms with van der Waals surface area (Å²) < 4.78 is 52.1. The molecule has 0 unspecified atom stereocenters. The van der Waals surface area contributed by atoms with Crippen LogP contribution < -0.4 is 11.1 Å². The van der Waals surface area contributed by atoms with Crippen LogP contribution in [0, 0.1) is 12.7 Å². The summed E-state index contributed by atoms with van der Waals surface area (Å²) in [6, 6.07) is 3.52. The van der Waals surface area contributed by atoms with Gasteiger partial charge in [-0.05, 0) is 30.7 Å². The first-order valence-corrected chi connectivity index (χ1v) is 9.64. The number of carbonyl (C=O) groups excluding carboxylic acids is 1. The van der Waals surface area contributed by atoms with Crippen LogP contribution in [-0.4, -0.2) is 27.5 Å². The summed E-state index contributed by atoms with van der Waals surface area (Å²) in [6.07, 6.45) is -4.79. The second kappa shape index (κ2) is 8.54. The smallest absolute Gasteiger partial charge is 0.390 e. The van der Waals surface area contributed by atoms with Crippen LogP contribution in [0.15, 0.2) is 29.6 Å². The number of nitrogens with zero attached hydrogens (tertiary/aromatic N) is 1. The van der Waals surface area contributed by atoms with E-state index >= 15 is 0 Å². The minimum Gasteiger partial charge on any atom is -0.390 e. The second-order valence-electron chi connectivity index (χ2n) is 6.53. The van der Waals surface area contributed by atoms with Gasteiger partial charge in [-0.3, -0.25) is 4.79 Å². The number of H-pyrrole nitrogens is 1. The molecule has 0 aliphatic heterocycles. The van der Waals surface area contributed by atoms with Gasteiger partial charge >= 0.3 is 6.18 Å². The average Bonchev–Trinajstić information content (AvgIpc) is 3.31. The van der Waals surface area contributed by atoms with Gasteiger partial charge in [0, 0.05) is 23.2 Å². The highest BCUT2D eigenvalue weighted by atomic mass is 32.1. The van der Waals surface area contributed by atoms with Crippen LogP contribution in [0.1, 0.15) is 38.4 Å². The maximum atomic E-state index is 13.9. The summed E-state index contributed by atoms with van der Waals surface area (Å²) >= 11 is 1.25. The highest BCUT2D eigenvalue weighted by molar-refractivity contribution is 7.09. The molecule has 0 fully saturated rings. The molecule has 0 radical (unpaired) electrons. The Labute approximate surface area is 172 Å². The van der Waals surface area contributed by atoms with E-state index in [2.05, 4.69) is 15.3 Å². The highest BCUT2D eigenvalue weighted by Gasteiger charge is 2.34. The summed E-state index contributed by atoms with van der Waals surface area (Å²) in [5.41, 5.74) is 5.99. The van der Waals surface area contributed by atoms with E-state index in [1.807, 2.05) is 0 Å². The number of aromatic amines is 1. The number of halogens is 4. The number of amides is 1. The average molecular weight is 442 g/mol. The first kappa shape index (κ1) is 21.9. The van der Waals surface area contributed by atoms with E-state index in [0.717, 1.165) is 12.1 Å². The van der Waals surface area contributed by atoms with Crippen LogP contribution in [-0.2, 0) is 12.8 Å². The minimum absolute atomic E-state index is 0.0703. The first-order valence-electron chi connectivity index (χ1n) is 8.76. The van der Waals surface area contributed by atoms with Crippen LogP contribution >= 0.6 is 11.3 Å². The molecule has 0 aliphatic rings. The highest BCUT2D eigenvalue weighted by Crippen LogP contribution is 2.33. The Balaban J connectivity index is 1.83. The molecule has 5 N–H and O–H groups in total. The SMILES string of the molecule is Cc1cc(-c2ccc(C(F)(F)F)c(F)c2)[nH]c1C(=O)N[C@@H](CN)c1nc(CO)cs1. The molecule has 2 aromatic heterocycles. The predicted octanol–water partition coefficient (Wildman–Crippen LogP) is 3.53. The second-order valence-corrected chi connectivity index (χ2v) is 7.42. The number of thiazole rings is 1. The normalized spacial score (nSPS) is 12.8. The van der Waals surface area contributed by atoms with E-state index in [-0.39, 0.29) is 24.4 Å². The van der Waals surface area contributed by atoms with Crippen molar-refractivity contribution in [3.05, 3.63) is 63.0 Å². The molecular weight excluding hydrogens is 424 g/mol. The van der Waals surface area contributed by atoms with Crippen molar-refractivity contribution in [2.75, 3.05) is 6.54 Å². The molecule has 2 heterocycles. The van der Waals surface area contributed by atoms with Crippen LogP contribution in [0.3, 0.4) is 0 Å². The Kier molecular flexibility index (Phi) is 6.25. The monoisotopic (exact) mass is 442 g/mol. The Hall–Kier alpha value is -2.76. The maximum absolute atomic E-state index is 13.9. The summed E-state index contributed by atoms with van der Waals surface area (Å²) in [5, 5.41) is 14.0. The van der Waals surface area contributed by atoms with Crippen molar-refractivity contribution < 1.29 is 27.5 Å². The van der Waals surface area contributed by atoms with Crippen molar-refractivity contribution >= 4 is 17.2 Å². The first-order chi connectivity index (χ1) is 14.1. The number of aromatic nitrogens is 2. The summed E-state index contributed by atoms with van der Waals surface area (Å²) in [6.45, 7) is 1.48. The molecule has 30 heavy (non-hydrogen) atoms. The number of carbonyl (C=O) groups is 1. The van der Waals surface area contributed by atoms with Gasteiger partial charge in [0.25, 0.3) is 5.91 Å². The number of alkyl halides is 3. The molecule has 0 saturated carbocycles. The molecule has 0 saturated heterocycles. The molecule has 3 rings (SSSR count). The van der Waals surface area contributed by atoms with E-state index in [4.69, 9.17) is 10.8 Å². The standard InChI is InChI=1S/C19H18F4N4O2S/c1-9-4-14(10-2-3-12(13(20)5-10)19(21,22)23)26-16(9)17(29)27-15(6-24)18-25-11(7-28)8-30-18/h2-5,8,15,26,28H,6-7,24H2,1H3,(H,27,29)/t15-/m0/s1. The quantitative estimate of drug-likeness (QED) is 0.439. The number of benzene rings is 1. The van der Waals surface area contributed by atoms with Crippen LogP contribution in [0.25, 0.3) is 11.3 Å². The summed E-state index contributed by atoms with van der Waals surface area (Å²) in [5.74, 6) is -1.90. The molecule has 6 nitrogen and oxygen atoms in total. The van der Waals surface area contributed by atoms with E-state index in [1.165, 1.54) is 11.3 Å². The fraction of sp³-hybridized carbons (Fsp3) is 0.263. The van der Waals surface area contributed by atoms with Crippen LogP contribution in [0.5, 0.6) is 0 Å². The number of aliphatic hydroxyl groups excluding tert-OH is 1. The molecule has 1 aromatic carbocycles. The maximum Gasteiger partial charge on any atom is 0.419 e. The molecular formula is C19H18F4N4O2S. The van der Waals surface area contributed by atoms with Gasteiger partial charge in [0.2, 0.25) is 0 Å². The molecule has 0 spiro atoms. The number of aryl methyl sites for hydroxylation is 1. The third kappa shape index (κ3) is 4.53. The number of rotatable bonds is 6. The van der Waals surface area contributed by atoms with E-state index in [9.17, 15) is 22.4 Å². The van der Waals surface area contributed by atoms with Gasteiger partial charge < -0.3 is 21.1 Å². The van der Waals surface area contributed by atoms with E-state index in [1.54, 1.807) is 18.4 Å². The fourth-order valence-corrected chi connectivity index (χ4v) is 3.74. The number of hydrogen-bond acceptors (Lipinski definition) is 5. The van der Waals surface area contributed by atoms with Crippen LogP contribution in [0.4, 0.5) is 17.6 Å². The van der Waals surface area contributed by atoms with Crippen molar-refractivity contribution in [1.29, 1.82) is 0 Å². The Morgan fingerprint density at radius 3 is 2.67 bits per heavy atom. The molecule has 160 valence electrons. The van der Waals surface area contributed by atoms with E-state index in [0.29, 0.717) is 28.0 Å². The van der Waals surface area contributed by atoms with Gasteiger partial charge in [-0.2, -0.15) is 13.2 Å². The Bertz CT molecular complexity index is 1060. The van der Waals surface area contributed by atoms with Crippen LogP contribution in [0.2, 0.25) is 0 Å². The molecule has 0 aliphatic carbocycles. The fourth-order valence-electron chi connectivity index (χ4n) is 2.87. The van der Waals surface area contributed by atoms with Crippen molar-refractivity contribution in [3.63, 3.8) is 0 Å². The zero-order valence-corrected chi connectivity index (χ0v) is 16.5. The third-order valence-corrected chi connectivity index (χ3v) is 5.41. The zero-order chi connectivity index (χ0) is 22.1. The van der Waals surface area contributed by atoms with Gasteiger partial charge in [0.1, 0.15) is 16.5 Å². The van der Waals surface area contributed by atoms with Crippen molar-refractivity contribution in [1.82, 2.24) is 15.3 Å². The Morgan fingerprint density at radius 1 is 1.37 bits per heavy atom. The summed E-state index contributed by atoms with van der Waals surface area (Å²) in [4.78, 5) is 19.7. The lowest BCUT2D eigenvalue weighted by Gasteiger charge is -2.14.